The van der Waals surface area contributed by atoms with Gasteiger partial charge in [0.2, 0.25) is 0 Å². The molecule has 1 N–H and O–H groups in total. The topological polar surface area (TPSA) is 15.3 Å². The number of benzene rings is 1. The molecule has 2 nitrogen and oxygen atoms in total. The Kier molecular flexibility index (Phi) is 4.30. The first-order chi connectivity index (χ1) is 9.78. The molecule has 1 aromatic carbocycles. The van der Waals surface area contributed by atoms with Gasteiger partial charge in [0, 0.05) is 24.8 Å². The molecule has 0 spiro atoms. The van der Waals surface area contributed by atoms with Crippen LogP contribution in [-0.4, -0.2) is 25.7 Å². The van der Waals surface area contributed by atoms with Crippen LogP contribution in [0.1, 0.15) is 38.7 Å². The van der Waals surface area contributed by atoms with Crippen LogP contribution in [0.3, 0.4) is 0 Å². The van der Waals surface area contributed by atoms with Gasteiger partial charge in [-0.05, 0) is 55.7 Å². The van der Waals surface area contributed by atoms with E-state index >= 15 is 0 Å². The van der Waals surface area contributed by atoms with Crippen molar-refractivity contribution in [1.29, 1.82) is 0 Å². The minimum absolute atomic E-state index is 0.726. The van der Waals surface area contributed by atoms with Crippen molar-refractivity contribution >= 4 is 5.69 Å². The van der Waals surface area contributed by atoms with Crippen LogP contribution in [0.4, 0.5) is 5.69 Å². The second kappa shape index (κ2) is 6.17. The van der Waals surface area contributed by atoms with Gasteiger partial charge in [-0.2, -0.15) is 0 Å². The highest BCUT2D eigenvalue weighted by atomic mass is 15.2. The number of anilines is 1. The van der Waals surface area contributed by atoms with Gasteiger partial charge in [-0.3, -0.25) is 0 Å². The Balaban J connectivity index is 1.69. The summed E-state index contributed by atoms with van der Waals surface area (Å²) in [4.78, 5) is 2.63. The van der Waals surface area contributed by atoms with E-state index in [0.717, 1.165) is 24.4 Å². The van der Waals surface area contributed by atoms with E-state index in [4.69, 9.17) is 0 Å². The van der Waals surface area contributed by atoms with E-state index in [1.54, 1.807) is 0 Å². The smallest absolute Gasteiger partial charge is 0.0399 e. The summed E-state index contributed by atoms with van der Waals surface area (Å²) in [5, 5.41) is 3.73. The maximum atomic E-state index is 3.73. The molecule has 0 amide bonds. The van der Waals surface area contributed by atoms with Gasteiger partial charge >= 0.3 is 0 Å². The van der Waals surface area contributed by atoms with E-state index in [2.05, 4.69) is 48.3 Å². The molecule has 3 rings (SSSR count). The van der Waals surface area contributed by atoms with Gasteiger partial charge in [0.1, 0.15) is 0 Å². The van der Waals surface area contributed by atoms with Gasteiger partial charge in [0.25, 0.3) is 0 Å². The Morgan fingerprint density at radius 1 is 1.25 bits per heavy atom. The lowest BCUT2D eigenvalue weighted by Crippen LogP contribution is -2.45. The highest BCUT2D eigenvalue weighted by Crippen LogP contribution is 2.33. The third-order valence-electron chi connectivity index (χ3n) is 5.15. The van der Waals surface area contributed by atoms with Crippen LogP contribution in [0.25, 0.3) is 0 Å². The van der Waals surface area contributed by atoms with Crippen molar-refractivity contribution in [2.24, 2.45) is 11.8 Å². The van der Waals surface area contributed by atoms with Crippen molar-refractivity contribution in [1.82, 2.24) is 5.32 Å². The lowest BCUT2D eigenvalue weighted by atomic mass is 9.78. The zero-order valence-corrected chi connectivity index (χ0v) is 12.9. The van der Waals surface area contributed by atoms with Crippen LogP contribution >= 0.6 is 0 Å². The lowest BCUT2D eigenvalue weighted by Gasteiger charge is -2.38. The summed E-state index contributed by atoms with van der Waals surface area (Å²) >= 11 is 0. The quantitative estimate of drug-likeness (QED) is 0.903. The number of para-hydroxylation sites is 1. The van der Waals surface area contributed by atoms with Crippen LogP contribution in [0.5, 0.6) is 0 Å². The molecule has 1 heterocycles. The Hall–Kier alpha value is -1.02. The predicted molar refractivity (Wildman–Crippen MR) is 86.3 cm³/mol. The molecule has 0 radical (unpaired) electrons. The maximum Gasteiger partial charge on any atom is 0.0399 e. The molecule has 1 aliphatic heterocycles. The molecular weight excluding hydrogens is 244 g/mol. The van der Waals surface area contributed by atoms with Crippen molar-refractivity contribution in [2.45, 2.75) is 45.6 Å². The van der Waals surface area contributed by atoms with Crippen molar-refractivity contribution in [3.05, 3.63) is 29.8 Å². The molecule has 20 heavy (non-hydrogen) atoms. The SMILES string of the molecule is CCNC1CCC(C)CC1CN1CCc2ccccc21. The molecule has 0 aromatic heterocycles. The average Bonchev–Trinajstić information content (AvgIpc) is 2.86. The zero-order valence-electron chi connectivity index (χ0n) is 12.9. The molecular formula is C18H28N2. The van der Waals surface area contributed by atoms with Gasteiger partial charge < -0.3 is 10.2 Å². The van der Waals surface area contributed by atoms with Crippen molar-refractivity contribution < 1.29 is 0 Å². The molecule has 1 fully saturated rings. The van der Waals surface area contributed by atoms with Gasteiger partial charge in [-0.25, -0.2) is 0 Å². The average molecular weight is 272 g/mol. The number of hydrogen-bond donors (Lipinski definition) is 1. The van der Waals surface area contributed by atoms with Crippen LogP contribution in [0.15, 0.2) is 24.3 Å². The fraction of sp³-hybridized carbons (Fsp3) is 0.667. The summed E-state index contributed by atoms with van der Waals surface area (Å²) in [5.74, 6) is 1.71. The van der Waals surface area contributed by atoms with E-state index in [1.807, 2.05) is 0 Å². The second-order valence-corrected chi connectivity index (χ2v) is 6.67. The highest BCUT2D eigenvalue weighted by molar-refractivity contribution is 5.57. The minimum atomic E-state index is 0.726. The van der Waals surface area contributed by atoms with Crippen LogP contribution < -0.4 is 10.2 Å². The fourth-order valence-corrected chi connectivity index (χ4v) is 4.11. The molecule has 1 saturated carbocycles. The van der Waals surface area contributed by atoms with E-state index in [0.29, 0.717) is 0 Å². The van der Waals surface area contributed by atoms with E-state index < -0.39 is 0 Å². The number of rotatable bonds is 4. The van der Waals surface area contributed by atoms with Crippen LogP contribution in [0.2, 0.25) is 0 Å². The Morgan fingerprint density at radius 3 is 2.95 bits per heavy atom. The van der Waals surface area contributed by atoms with Gasteiger partial charge in [0.15, 0.2) is 0 Å². The van der Waals surface area contributed by atoms with Crippen molar-refractivity contribution in [3.63, 3.8) is 0 Å². The summed E-state index contributed by atoms with van der Waals surface area (Å²) in [5.41, 5.74) is 3.03. The van der Waals surface area contributed by atoms with Gasteiger partial charge in [-0.15, -0.1) is 0 Å². The van der Waals surface area contributed by atoms with Crippen molar-refractivity contribution in [2.75, 3.05) is 24.5 Å². The highest BCUT2D eigenvalue weighted by Gasteiger charge is 2.31. The Bertz CT molecular complexity index is 443. The molecule has 1 aliphatic carbocycles. The van der Waals surface area contributed by atoms with Crippen LogP contribution in [0, 0.1) is 11.8 Å². The third kappa shape index (κ3) is 2.85. The summed E-state index contributed by atoms with van der Waals surface area (Å²) in [7, 11) is 0. The normalized spacial score (nSPS) is 29.5. The van der Waals surface area contributed by atoms with E-state index in [9.17, 15) is 0 Å². The second-order valence-electron chi connectivity index (χ2n) is 6.67. The summed E-state index contributed by atoms with van der Waals surface area (Å²) in [6.07, 6.45) is 5.36. The minimum Gasteiger partial charge on any atom is -0.371 e. The maximum absolute atomic E-state index is 3.73. The Labute approximate surface area is 123 Å². The molecule has 0 saturated heterocycles. The molecule has 2 aliphatic rings. The first-order valence-corrected chi connectivity index (χ1v) is 8.34. The summed E-state index contributed by atoms with van der Waals surface area (Å²) in [6, 6.07) is 9.68. The van der Waals surface area contributed by atoms with Gasteiger partial charge in [0.05, 0.1) is 0 Å². The largest absolute Gasteiger partial charge is 0.371 e. The number of fused-ring (bicyclic) bond motifs is 1. The summed E-state index contributed by atoms with van der Waals surface area (Å²) in [6.45, 7) is 8.21. The molecule has 0 bridgehead atoms. The molecule has 1 aromatic rings. The zero-order chi connectivity index (χ0) is 13.9. The molecule has 3 unspecified atom stereocenters. The number of nitrogens with zero attached hydrogens (tertiary/aromatic N) is 1. The predicted octanol–water partition coefficient (Wildman–Crippen LogP) is 3.46. The molecule has 3 atom stereocenters. The van der Waals surface area contributed by atoms with E-state index in [-0.39, 0.29) is 0 Å². The number of hydrogen-bond acceptors (Lipinski definition) is 2. The number of nitrogens with one attached hydrogen (secondary N) is 1. The first-order valence-electron chi connectivity index (χ1n) is 8.34. The van der Waals surface area contributed by atoms with Crippen LogP contribution in [-0.2, 0) is 6.42 Å². The first kappa shape index (κ1) is 13.9. The molecule has 110 valence electrons. The molecule has 2 heteroatoms. The lowest BCUT2D eigenvalue weighted by molar-refractivity contribution is 0.218. The Morgan fingerprint density at radius 2 is 2.10 bits per heavy atom. The van der Waals surface area contributed by atoms with E-state index in [1.165, 1.54) is 50.0 Å². The standard InChI is InChI=1S/C18H28N2/c1-3-19-17-9-8-14(2)12-16(17)13-20-11-10-15-6-4-5-7-18(15)20/h4-7,14,16-17,19H,3,8-13H2,1-2H3. The third-order valence-corrected chi connectivity index (χ3v) is 5.15. The monoisotopic (exact) mass is 272 g/mol. The van der Waals surface area contributed by atoms with Gasteiger partial charge in [-0.1, -0.05) is 32.0 Å². The van der Waals surface area contributed by atoms with Crippen molar-refractivity contribution in [3.8, 4) is 0 Å². The summed E-state index contributed by atoms with van der Waals surface area (Å²) < 4.78 is 0. The fourth-order valence-electron chi connectivity index (χ4n) is 4.11.